The number of nitrogens with one attached hydrogen (secondary N) is 2. The number of hydrogen-bond acceptors (Lipinski definition) is 4. The predicted molar refractivity (Wildman–Crippen MR) is 68.0 cm³/mol. The third kappa shape index (κ3) is 3.38. The molecule has 0 radical (unpaired) electrons. The molecule has 0 aliphatic rings. The fourth-order valence-corrected chi connectivity index (χ4v) is 1.34. The van der Waals surface area contributed by atoms with Crippen molar-refractivity contribution in [3.8, 4) is 0 Å². The van der Waals surface area contributed by atoms with Crippen LogP contribution in [0.5, 0.6) is 0 Å². The van der Waals surface area contributed by atoms with Gasteiger partial charge in [0.1, 0.15) is 0 Å². The molecule has 0 atom stereocenters. The molecule has 0 aromatic heterocycles. The Balaban J connectivity index is 3.08. The summed E-state index contributed by atoms with van der Waals surface area (Å²) in [4.78, 5) is 22.4. The third-order valence-corrected chi connectivity index (χ3v) is 2.48. The molecule has 6 nitrogen and oxygen atoms in total. The van der Waals surface area contributed by atoms with Gasteiger partial charge in [-0.15, -0.1) is 0 Å². The Morgan fingerprint density at radius 3 is 1.50 bits per heavy atom. The van der Waals surface area contributed by atoms with E-state index in [2.05, 4.69) is 20.1 Å². The highest BCUT2D eigenvalue weighted by Crippen LogP contribution is 2.26. The number of anilines is 2. The SMILES string of the molecule is COC(=O)Nc1cc(C)c(C)cc1NC(=O)OC. The van der Waals surface area contributed by atoms with Gasteiger partial charge in [-0.1, -0.05) is 0 Å². The molecule has 0 spiro atoms. The van der Waals surface area contributed by atoms with Gasteiger partial charge >= 0.3 is 12.2 Å². The largest absolute Gasteiger partial charge is 0.453 e. The average molecular weight is 252 g/mol. The van der Waals surface area contributed by atoms with Gasteiger partial charge in [-0.25, -0.2) is 9.59 Å². The van der Waals surface area contributed by atoms with E-state index >= 15 is 0 Å². The van der Waals surface area contributed by atoms with Gasteiger partial charge in [0.15, 0.2) is 0 Å². The van der Waals surface area contributed by atoms with Crippen molar-refractivity contribution in [2.45, 2.75) is 13.8 Å². The van der Waals surface area contributed by atoms with Gasteiger partial charge in [-0.05, 0) is 37.1 Å². The molecule has 0 unspecified atom stereocenters. The zero-order chi connectivity index (χ0) is 13.7. The molecule has 0 aliphatic heterocycles. The molecule has 2 amide bonds. The molecule has 0 saturated carbocycles. The Morgan fingerprint density at radius 2 is 1.22 bits per heavy atom. The summed E-state index contributed by atoms with van der Waals surface area (Å²) in [5.74, 6) is 0. The standard InChI is InChI=1S/C12H16N2O4/c1-7-5-9(13-11(15)17-3)10(6-8(7)2)14-12(16)18-4/h5-6H,1-4H3,(H,13,15)(H,14,16). The molecule has 0 fully saturated rings. The molecule has 1 rings (SSSR count). The lowest BCUT2D eigenvalue weighted by Crippen LogP contribution is -2.16. The van der Waals surface area contributed by atoms with Gasteiger partial charge in [0.25, 0.3) is 0 Å². The van der Waals surface area contributed by atoms with Crippen LogP contribution in [0.15, 0.2) is 12.1 Å². The molecule has 0 heterocycles. The summed E-state index contributed by atoms with van der Waals surface area (Å²) in [5, 5.41) is 5.05. The number of ether oxygens (including phenoxy) is 2. The highest BCUT2D eigenvalue weighted by Gasteiger charge is 2.11. The zero-order valence-corrected chi connectivity index (χ0v) is 10.8. The predicted octanol–water partition coefficient (Wildman–Crippen LogP) is 2.66. The van der Waals surface area contributed by atoms with E-state index in [9.17, 15) is 9.59 Å². The van der Waals surface area contributed by atoms with E-state index < -0.39 is 12.2 Å². The molecule has 0 aliphatic carbocycles. The van der Waals surface area contributed by atoms with Crippen LogP contribution in [0.1, 0.15) is 11.1 Å². The highest BCUT2D eigenvalue weighted by molar-refractivity contribution is 5.95. The molecule has 0 bridgehead atoms. The quantitative estimate of drug-likeness (QED) is 0.848. The van der Waals surface area contributed by atoms with Crippen LogP contribution in [0.4, 0.5) is 21.0 Å². The van der Waals surface area contributed by atoms with Crippen LogP contribution in [0, 0.1) is 13.8 Å². The van der Waals surface area contributed by atoms with Gasteiger partial charge in [0.05, 0.1) is 25.6 Å². The topological polar surface area (TPSA) is 76.7 Å². The molecule has 0 saturated heterocycles. The van der Waals surface area contributed by atoms with Gasteiger partial charge in [0, 0.05) is 0 Å². The normalized spacial score (nSPS) is 9.56. The molecule has 18 heavy (non-hydrogen) atoms. The number of amides is 2. The minimum atomic E-state index is -0.605. The summed E-state index contributed by atoms with van der Waals surface area (Å²) in [6.45, 7) is 3.80. The number of rotatable bonds is 2. The Morgan fingerprint density at radius 1 is 0.889 bits per heavy atom. The van der Waals surface area contributed by atoms with Crippen LogP contribution < -0.4 is 10.6 Å². The Kier molecular flexibility index (Phi) is 4.53. The summed E-state index contributed by atoms with van der Waals surface area (Å²) in [5.41, 5.74) is 2.87. The second kappa shape index (κ2) is 5.90. The number of carbonyl (C=O) groups is 2. The highest BCUT2D eigenvalue weighted by atomic mass is 16.5. The average Bonchev–Trinajstić information content (AvgIpc) is 2.34. The summed E-state index contributed by atoms with van der Waals surface area (Å²) < 4.78 is 9.03. The van der Waals surface area contributed by atoms with Crippen LogP contribution in [-0.4, -0.2) is 26.4 Å². The summed E-state index contributed by atoms with van der Waals surface area (Å²) in [6, 6.07) is 3.50. The molecule has 98 valence electrons. The van der Waals surface area contributed by atoms with E-state index in [-0.39, 0.29) is 0 Å². The van der Waals surface area contributed by atoms with E-state index in [1.165, 1.54) is 14.2 Å². The van der Waals surface area contributed by atoms with Gasteiger partial charge < -0.3 is 9.47 Å². The lowest BCUT2D eigenvalue weighted by molar-refractivity contribution is 0.185. The van der Waals surface area contributed by atoms with Crippen molar-refractivity contribution in [2.24, 2.45) is 0 Å². The Bertz CT molecular complexity index is 428. The zero-order valence-electron chi connectivity index (χ0n) is 10.8. The molecule has 2 N–H and O–H groups in total. The maximum Gasteiger partial charge on any atom is 0.411 e. The van der Waals surface area contributed by atoms with Crippen LogP contribution in [0.25, 0.3) is 0 Å². The van der Waals surface area contributed by atoms with Crippen molar-refractivity contribution < 1.29 is 19.1 Å². The Labute approximate surface area is 105 Å². The second-order valence-electron chi connectivity index (χ2n) is 3.72. The van der Waals surface area contributed by atoms with Crippen molar-refractivity contribution in [1.82, 2.24) is 0 Å². The van der Waals surface area contributed by atoms with Crippen molar-refractivity contribution in [3.63, 3.8) is 0 Å². The van der Waals surface area contributed by atoms with Gasteiger partial charge in [-0.3, -0.25) is 10.6 Å². The van der Waals surface area contributed by atoms with Crippen LogP contribution in [0.2, 0.25) is 0 Å². The minimum absolute atomic E-state index is 0.454. The van der Waals surface area contributed by atoms with Crippen molar-refractivity contribution in [3.05, 3.63) is 23.3 Å². The number of benzene rings is 1. The van der Waals surface area contributed by atoms with Gasteiger partial charge in [-0.2, -0.15) is 0 Å². The lowest BCUT2D eigenvalue weighted by Gasteiger charge is -2.13. The smallest absolute Gasteiger partial charge is 0.411 e. The van der Waals surface area contributed by atoms with Crippen molar-refractivity contribution in [1.29, 1.82) is 0 Å². The molecular weight excluding hydrogens is 236 g/mol. The van der Waals surface area contributed by atoms with Crippen molar-refractivity contribution in [2.75, 3.05) is 24.9 Å². The molecular formula is C12H16N2O4. The first-order valence-corrected chi connectivity index (χ1v) is 5.29. The maximum absolute atomic E-state index is 11.2. The fraction of sp³-hybridized carbons (Fsp3) is 0.333. The van der Waals surface area contributed by atoms with E-state index in [0.29, 0.717) is 11.4 Å². The monoisotopic (exact) mass is 252 g/mol. The summed E-state index contributed by atoms with van der Waals surface area (Å²) in [7, 11) is 2.54. The van der Waals surface area contributed by atoms with Crippen LogP contribution >= 0.6 is 0 Å². The van der Waals surface area contributed by atoms with Crippen LogP contribution in [0.3, 0.4) is 0 Å². The first kappa shape index (κ1) is 13.8. The summed E-state index contributed by atoms with van der Waals surface area (Å²) >= 11 is 0. The first-order valence-electron chi connectivity index (χ1n) is 5.29. The second-order valence-corrected chi connectivity index (χ2v) is 3.72. The molecule has 1 aromatic carbocycles. The van der Waals surface area contributed by atoms with E-state index in [1.54, 1.807) is 12.1 Å². The number of methoxy groups -OCH3 is 2. The lowest BCUT2D eigenvalue weighted by atomic mass is 10.1. The number of carbonyl (C=O) groups excluding carboxylic acids is 2. The van der Waals surface area contributed by atoms with Gasteiger partial charge in [0.2, 0.25) is 0 Å². The Hall–Kier alpha value is -2.24. The maximum atomic E-state index is 11.2. The van der Waals surface area contributed by atoms with E-state index in [1.807, 2.05) is 13.8 Å². The summed E-state index contributed by atoms with van der Waals surface area (Å²) in [6.07, 6.45) is -1.21. The first-order chi connectivity index (χ1) is 8.47. The van der Waals surface area contributed by atoms with E-state index in [0.717, 1.165) is 11.1 Å². The van der Waals surface area contributed by atoms with Crippen molar-refractivity contribution >= 4 is 23.6 Å². The number of hydrogen-bond donors (Lipinski definition) is 2. The van der Waals surface area contributed by atoms with E-state index in [4.69, 9.17) is 0 Å². The third-order valence-electron chi connectivity index (χ3n) is 2.48. The molecule has 6 heteroatoms. The van der Waals surface area contributed by atoms with Crippen LogP contribution in [-0.2, 0) is 9.47 Å². The minimum Gasteiger partial charge on any atom is -0.453 e. The molecule has 1 aromatic rings. The fourth-order valence-electron chi connectivity index (χ4n) is 1.34. The number of aryl methyl sites for hydroxylation is 2.